The van der Waals surface area contributed by atoms with Crippen LogP contribution in [0.3, 0.4) is 0 Å². The Balaban J connectivity index is 1.13. The van der Waals surface area contributed by atoms with Crippen molar-refractivity contribution in [2.45, 2.75) is 44.9 Å². The van der Waals surface area contributed by atoms with E-state index in [-0.39, 0.29) is 28.4 Å². The Bertz CT molecular complexity index is 1410. The molecule has 3 aromatic rings. The van der Waals surface area contributed by atoms with Crippen molar-refractivity contribution in [1.29, 1.82) is 0 Å². The SMILES string of the molecule is O=C(c1cc(Cc2n[nH]c(=O)c3ccccc23)ccc1F)N1CCC2(CC1)CCN(C(=O)C1CC1)CC2. The van der Waals surface area contributed by atoms with Crippen LogP contribution in [0.1, 0.15) is 60.1 Å². The third-order valence-electron chi connectivity index (χ3n) is 8.58. The molecule has 192 valence electrons. The molecule has 0 bridgehead atoms. The van der Waals surface area contributed by atoms with Gasteiger partial charge in [-0.2, -0.15) is 5.10 Å². The molecule has 2 amide bonds. The van der Waals surface area contributed by atoms with Crippen molar-refractivity contribution in [2.24, 2.45) is 11.3 Å². The summed E-state index contributed by atoms with van der Waals surface area (Å²) in [5.74, 6) is -0.226. The summed E-state index contributed by atoms with van der Waals surface area (Å²) in [4.78, 5) is 41.6. The van der Waals surface area contributed by atoms with Crippen LogP contribution in [0.25, 0.3) is 10.8 Å². The van der Waals surface area contributed by atoms with Crippen molar-refractivity contribution >= 4 is 22.6 Å². The molecule has 2 aliphatic heterocycles. The summed E-state index contributed by atoms with van der Waals surface area (Å²) >= 11 is 0. The molecule has 0 unspecified atom stereocenters. The summed E-state index contributed by atoms with van der Waals surface area (Å²) in [7, 11) is 0. The Labute approximate surface area is 214 Å². The highest BCUT2D eigenvalue weighted by Gasteiger charge is 2.42. The molecule has 1 aromatic heterocycles. The smallest absolute Gasteiger partial charge is 0.272 e. The highest BCUT2D eigenvalue weighted by Crippen LogP contribution is 2.43. The zero-order valence-corrected chi connectivity index (χ0v) is 20.8. The van der Waals surface area contributed by atoms with E-state index in [4.69, 9.17) is 0 Å². The Kier molecular flexibility index (Phi) is 6.05. The summed E-state index contributed by atoms with van der Waals surface area (Å²) in [6.07, 6.45) is 6.18. The number of piperidine rings is 2. The fourth-order valence-corrected chi connectivity index (χ4v) is 5.99. The number of amides is 2. The second kappa shape index (κ2) is 9.39. The van der Waals surface area contributed by atoms with Gasteiger partial charge in [0.15, 0.2) is 0 Å². The van der Waals surface area contributed by atoms with Gasteiger partial charge in [0.05, 0.1) is 16.6 Å². The van der Waals surface area contributed by atoms with Crippen LogP contribution in [0.15, 0.2) is 47.3 Å². The standard InChI is InChI=1S/C29H31FN4O3/c30-24-8-5-19(18-25-21-3-1-2-4-22(21)26(35)32-31-25)17-23(24)28(37)34-15-11-29(12-16-34)9-13-33(14-10-29)27(36)20-6-7-20/h1-5,8,17,20H,6-7,9-16,18H2,(H,32,35). The number of rotatable bonds is 4. The largest absolute Gasteiger partial charge is 0.342 e. The van der Waals surface area contributed by atoms with E-state index in [1.54, 1.807) is 29.2 Å². The number of fused-ring (bicyclic) bond motifs is 1. The van der Waals surface area contributed by atoms with Crippen LogP contribution in [-0.2, 0) is 11.2 Å². The van der Waals surface area contributed by atoms with E-state index in [2.05, 4.69) is 10.2 Å². The van der Waals surface area contributed by atoms with Crippen LogP contribution in [0, 0.1) is 17.2 Å². The highest BCUT2D eigenvalue weighted by molar-refractivity contribution is 5.95. The lowest BCUT2D eigenvalue weighted by Crippen LogP contribution is -2.49. The molecule has 3 fully saturated rings. The van der Waals surface area contributed by atoms with Gasteiger partial charge in [-0.1, -0.05) is 24.3 Å². The Morgan fingerprint density at radius 3 is 2.27 bits per heavy atom. The number of aromatic amines is 1. The third-order valence-corrected chi connectivity index (χ3v) is 8.58. The Morgan fingerprint density at radius 2 is 1.59 bits per heavy atom. The van der Waals surface area contributed by atoms with Gasteiger partial charge in [-0.3, -0.25) is 14.4 Å². The molecule has 3 heterocycles. The molecule has 1 N–H and O–H groups in total. The lowest BCUT2D eigenvalue weighted by molar-refractivity contribution is -0.135. The van der Waals surface area contributed by atoms with E-state index in [0.29, 0.717) is 36.5 Å². The first-order valence-corrected chi connectivity index (χ1v) is 13.3. The molecular weight excluding hydrogens is 471 g/mol. The summed E-state index contributed by atoms with van der Waals surface area (Å²) < 4.78 is 14.8. The maximum absolute atomic E-state index is 14.8. The van der Waals surface area contributed by atoms with Gasteiger partial charge < -0.3 is 9.80 Å². The van der Waals surface area contributed by atoms with Gasteiger partial charge in [0.1, 0.15) is 5.82 Å². The number of aromatic nitrogens is 2. The minimum atomic E-state index is -0.528. The highest BCUT2D eigenvalue weighted by atomic mass is 19.1. The summed E-state index contributed by atoms with van der Waals surface area (Å²) in [5.41, 5.74) is 1.43. The van der Waals surface area contributed by atoms with E-state index < -0.39 is 5.82 Å². The zero-order valence-electron chi connectivity index (χ0n) is 20.8. The molecule has 6 rings (SSSR count). The molecule has 1 saturated carbocycles. The van der Waals surface area contributed by atoms with E-state index in [1.165, 1.54) is 6.07 Å². The zero-order chi connectivity index (χ0) is 25.6. The molecule has 3 aliphatic rings. The Morgan fingerprint density at radius 1 is 0.946 bits per heavy atom. The van der Waals surface area contributed by atoms with Gasteiger partial charge >= 0.3 is 0 Å². The van der Waals surface area contributed by atoms with E-state index in [1.807, 2.05) is 17.0 Å². The number of hydrogen-bond acceptors (Lipinski definition) is 4. The predicted octanol–water partition coefficient (Wildman–Crippen LogP) is 3.91. The van der Waals surface area contributed by atoms with Gasteiger partial charge in [0, 0.05) is 43.9 Å². The van der Waals surface area contributed by atoms with Crippen molar-refractivity contribution in [3.63, 3.8) is 0 Å². The Hall–Kier alpha value is -3.55. The molecule has 1 spiro atoms. The minimum Gasteiger partial charge on any atom is -0.342 e. The second-order valence-corrected chi connectivity index (χ2v) is 10.9. The van der Waals surface area contributed by atoms with Crippen molar-refractivity contribution in [2.75, 3.05) is 26.2 Å². The lowest BCUT2D eigenvalue weighted by Gasteiger charge is -2.47. The topological polar surface area (TPSA) is 86.4 Å². The van der Waals surface area contributed by atoms with Crippen LogP contribution >= 0.6 is 0 Å². The third kappa shape index (κ3) is 4.65. The molecule has 37 heavy (non-hydrogen) atoms. The monoisotopic (exact) mass is 502 g/mol. The second-order valence-electron chi connectivity index (χ2n) is 10.9. The first-order valence-electron chi connectivity index (χ1n) is 13.3. The molecular formula is C29H31FN4O3. The van der Waals surface area contributed by atoms with Gasteiger partial charge in [-0.15, -0.1) is 0 Å². The fraction of sp³-hybridized carbons (Fsp3) is 0.448. The van der Waals surface area contributed by atoms with E-state index >= 15 is 0 Å². The van der Waals surface area contributed by atoms with Gasteiger partial charge in [-0.05, 0) is 67.7 Å². The molecule has 7 nitrogen and oxygen atoms in total. The predicted molar refractivity (Wildman–Crippen MR) is 138 cm³/mol. The fourth-order valence-electron chi connectivity index (χ4n) is 5.99. The van der Waals surface area contributed by atoms with Crippen LogP contribution in [0.4, 0.5) is 4.39 Å². The maximum Gasteiger partial charge on any atom is 0.272 e. The van der Waals surface area contributed by atoms with Gasteiger partial charge in [0.2, 0.25) is 5.91 Å². The number of nitrogens with one attached hydrogen (secondary N) is 1. The average molecular weight is 503 g/mol. The van der Waals surface area contributed by atoms with Gasteiger partial charge in [0.25, 0.3) is 11.5 Å². The molecule has 2 saturated heterocycles. The number of benzene rings is 2. The minimum absolute atomic E-state index is 0.0760. The number of H-pyrrole nitrogens is 1. The molecule has 2 aromatic carbocycles. The van der Waals surface area contributed by atoms with Crippen LogP contribution in [-0.4, -0.2) is 58.0 Å². The first kappa shape index (κ1) is 23.8. The van der Waals surface area contributed by atoms with Crippen molar-refractivity contribution in [3.8, 4) is 0 Å². The number of likely N-dealkylation sites (tertiary alicyclic amines) is 2. The van der Waals surface area contributed by atoms with E-state index in [0.717, 1.165) is 62.6 Å². The number of hydrogen-bond donors (Lipinski definition) is 1. The van der Waals surface area contributed by atoms with Crippen molar-refractivity contribution in [1.82, 2.24) is 20.0 Å². The van der Waals surface area contributed by atoms with Gasteiger partial charge in [-0.25, -0.2) is 9.49 Å². The number of nitrogens with zero attached hydrogens (tertiary/aromatic N) is 3. The number of halogens is 1. The lowest BCUT2D eigenvalue weighted by atomic mass is 9.71. The van der Waals surface area contributed by atoms with Crippen molar-refractivity contribution in [3.05, 3.63) is 75.5 Å². The first-order chi connectivity index (χ1) is 17.9. The maximum atomic E-state index is 14.8. The van der Waals surface area contributed by atoms with Crippen LogP contribution in [0.5, 0.6) is 0 Å². The normalized spacial score (nSPS) is 19.4. The quantitative estimate of drug-likeness (QED) is 0.586. The molecule has 0 radical (unpaired) electrons. The summed E-state index contributed by atoms with van der Waals surface area (Å²) in [5, 5.41) is 8.04. The van der Waals surface area contributed by atoms with Crippen LogP contribution < -0.4 is 5.56 Å². The number of carbonyl (C=O) groups is 2. The van der Waals surface area contributed by atoms with Crippen molar-refractivity contribution < 1.29 is 14.0 Å². The molecule has 1 aliphatic carbocycles. The summed E-state index contributed by atoms with van der Waals surface area (Å²) in [6.45, 7) is 2.83. The number of carbonyl (C=O) groups excluding carboxylic acids is 2. The van der Waals surface area contributed by atoms with E-state index in [9.17, 15) is 18.8 Å². The molecule has 8 heteroatoms. The van der Waals surface area contributed by atoms with Crippen LogP contribution in [0.2, 0.25) is 0 Å². The average Bonchev–Trinajstić information content (AvgIpc) is 3.77. The summed E-state index contributed by atoms with van der Waals surface area (Å²) in [6, 6.07) is 11.9. The molecule has 0 atom stereocenters.